The fraction of sp³-hybridized carbons (Fsp3) is 0.421. The van der Waals surface area contributed by atoms with Crippen LogP contribution >= 0.6 is 0 Å². The number of likely N-dealkylation sites (tertiary alicyclic amines) is 1. The molecule has 1 fully saturated rings. The van der Waals surface area contributed by atoms with E-state index in [2.05, 4.69) is 39.1 Å². The summed E-state index contributed by atoms with van der Waals surface area (Å²) in [5.74, 6) is -0.0705. The number of hydrogen-bond acceptors (Lipinski definition) is 4. The van der Waals surface area contributed by atoms with E-state index < -0.39 is 5.97 Å². The normalized spacial score (nSPS) is 18.0. The first-order valence-electron chi connectivity index (χ1n) is 8.46. The van der Waals surface area contributed by atoms with Crippen LogP contribution in [0.1, 0.15) is 48.1 Å². The zero-order valence-electron chi connectivity index (χ0n) is 14.0. The van der Waals surface area contributed by atoms with Gasteiger partial charge in [0, 0.05) is 18.7 Å². The van der Waals surface area contributed by atoms with E-state index in [1.54, 1.807) is 0 Å². The van der Waals surface area contributed by atoms with Crippen molar-refractivity contribution >= 4 is 5.97 Å². The molecule has 1 aliphatic rings. The van der Waals surface area contributed by atoms with Crippen LogP contribution in [0.5, 0.6) is 0 Å². The molecule has 1 atom stereocenters. The molecular weight excluding hydrogens is 302 g/mol. The molecule has 3 rings (SSSR count). The van der Waals surface area contributed by atoms with Gasteiger partial charge in [0.2, 0.25) is 0 Å². The number of hydrogen-bond donors (Lipinski definition) is 1. The Morgan fingerprint density at radius 1 is 1.29 bits per heavy atom. The van der Waals surface area contributed by atoms with E-state index in [4.69, 9.17) is 5.11 Å². The lowest BCUT2D eigenvalue weighted by atomic mass is 10.1. The van der Waals surface area contributed by atoms with Gasteiger partial charge >= 0.3 is 5.97 Å². The number of carbonyl (C=O) groups is 1. The minimum atomic E-state index is -0.792. The SMILES string of the molecule is Cc1nc(CCC(=O)O)cc([C@H]2CCCN2Cc2ccccc2)n1. The molecule has 2 heterocycles. The number of carboxylic acid groups (broad SMARTS) is 1. The van der Waals surface area contributed by atoms with Gasteiger partial charge in [-0.15, -0.1) is 0 Å². The molecule has 0 bridgehead atoms. The summed E-state index contributed by atoms with van der Waals surface area (Å²) < 4.78 is 0. The molecule has 1 N–H and O–H groups in total. The highest BCUT2D eigenvalue weighted by Gasteiger charge is 2.27. The van der Waals surface area contributed by atoms with Gasteiger partial charge < -0.3 is 5.11 Å². The Morgan fingerprint density at radius 2 is 2.08 bits per heavy atom. The minimum absolute atomic E-state index is 0.105. The lowest BCUT2D eigenvalue weighted by Crippen LogP contribution is -2.24. The van der Waals surface area contributed by atoms with Gasteiger partial charge in [0.15, 0.2) is 0 Å². The highest BCUT2D eigenvalue weighted by molar-refractivity contribution is 5.66. The molecule has 24 heavy (non-hydrogen) atoms. The Labute approximate surface area is 142 Å². The number of benzene rings is 1. The Bertz CT molecular complexity index is 703. The van der Waals surface area contributed by atoms with Gasteiger partial charge in [0.1, 0.15) is 5.82 Å². The zero-order chi connectivity index (χ0) is 16.9. The molecular formula is C19H23N3O2. The van der Waals surface area contributed by atoms with Gasteiger partial charge in [0.25, 0.3) is 0 Å². The van der Waals surface area contributed by atoms with Gasteiger partial charge in [-0.1, -0.05) is 30.3 Å². The average Bonchev–Trinajstić information content (AvgIpc) is 3.01. The largest absolute Gasteiger partial charge is 0.481 e. The van der Waals surface area contributed by atoms with Crippen molar-refractivity contribution in [3.05, 3.63) is 59.2 Å². The van der Waals surface area contributed by atoms with E-state index in [9.17, 15) is 4.79 Å². The van der Waals surface area contributed by atoms with Crippen LogP contribution in [0.15, 0.2) is 36.4 Å². The Kier molecular flexibility index (Phi) is 5.20. The quantitative estimate of drug-likeness (QED) is 0.884. The van der Waals surface area contributed by atoms with Crippen molar-refractivity contribution < 1.29 is 9.90 Å². The Morgan fingerprint density at radius 3 is 2.83 bits per heavy atom. The molecule has 1 aromatic carbocycles. The highest BCUT2D eigenvalue weighted by atomic mass is 16.4. The summed E-state index contributed by atoms with van der Waals surface area (Å²) in [6, 6.07) is 12.8. The summed E-state index contributed by atoms with van der Waals surface area (Å²) in [6.07, 6.45) is 2.80. The first-order chi connectivity index (χ1) is 11.6. The van der Waals surface area contributed by atoms with Crippen LogP contribution in [0.2, 0.25) is 0 Å². The summed E-state index contributed by atoms with van der Waals surface area (Å²) in [4.78, 5) is 22.3. The zero-order valence-corrected chi connectivity index (χ0v) is 14.0. The Balaban J connectivity index is 1.77. The number of rotatable bonds is 6. The molecule has 0 unspecified atom stereocenters. The van der Waals surface area contributed by atoms with Crippen molar-refractivity contribution in [2.45, 2.75) is 45.2 Å². The number of aliphatic carboxylic acids is 1. The monoisotopic (exact) mass is 325 g/mol. The smallest absolute Gasteiger partial charge is 0.303 e. The van der Waals surface area contributed by atoms with Gasteiger partial charge in [0.05, 0.1) is 18.2 Å². The van der Waals surface area contributed by atoms with Crippen LogP contribution < -0.4 is 0 Å². The fourth-order valence-corrected chi connectivity index (χ4v) is 3.36. The molecule has 2 aromatic rings. The molecule has 5 heteroatoms. The number of aryl methyl sites for hydroxylation is 2. The second-order valence-electron chi connectivity index (χ2n) is 6.34. The summed E-state index contributed by atoms with van der Waals surface area (Å²) in [7, 11) is 0. The molecule has 126 valence electrons. The first-order valence-corrected chi connectivity index (χ1v) is 8.46. The van der Waals surface area contributed by atoms with Gasteiger partial charge in [-0.3, -0.25) is 9.69 Å². The van der Waals surface area contributed by atoms with Crippen molar-refractivity contribution in [3.63, 3.8) is 0 Å². The van der Waals surface area contributed by atoms with E-state index in [0.717, 1.165) is 43.1 Å². The van der Waals surface area contributed by atoms with E-state index in [-0.39, 0.29) is 12.5 Å². The third-order valence-corrected chi connectivity index (χ3v) is 4.44. The number of carboxylic acids is 1. The third kappa shape index (κ3) is 4.17. The molecule has 0 aliphatic carbocycles. The van der Waals surface area contributed by atoms with E-state index in [1.807, 2.05) is 19.1 Å². The molecule has 5 nitrogen and oxygen atoms in total. The molecule has 1 aliphatic heterocycles. The van der Waals surface area contributed by atoms with Gasteiger partial charge in [-0.05, 0) is 37.9 Å². The average molecular weight is 325 g/mol. The van der Waals surface area contributed by atoms with E-state index in [0.29, 0.717) is 6.42 Å². The van der Waals surface area contributed by atoms with E-state index >= 15 is 0 Å². The van der Waals surface area contributed by atoms with Crippen LogP contribution in [-0.4, -0.2) is 32.5 Å². The van der Waals surface area contributed by atoms with Crippen LogP contribution in [0.25, 0.3) is 0 Å². The minimum Gasteiger partial charge on any atom is -0.481 e. The molecule has 0 saturated carbocycles. The maximum absolute atomic E-state index is 10.8. The predicted molar refractivity (Wildman–Crippen MR) is 91.6 cm³/mol. The lowest BCUT2D eigenvalue weighted by molar-refractivity contribution is -0.136. The third-order valence-electron chi connectivity index (χ3n) is 4.44. The molecule has 1 aromatic heterocycles. The lowest BCUT2D eigenvalue weighted by Gasteiger charge is -2.24. The predicted octanol–water partition coefficient (Wildman–Crippen LogP) is 3.14. The fourth-order valence-electron chi connectivity index (χ4n) is 3.36. The first kappa shape index (κ1) is 16.6. The van der Waals surface area contributed by atoms with Crippen molar-refractivity contribution in [2.75, 3.05) is 6.54 Å². The number of aromatic nitrogens is 2. The molecule has 0 radical (unpaired) electrons. The van der Waals surface area contributed by atoms with Crippen LogP contribution in [-0.2, 0) is 17.8 Å². The molecule has 1 saturated heterocycles. The summed E-state index contributed by atoms with van der Waals surface area (Å²) in [6.45, 7) is 3.86. The van der Waals surface area contributed by atoms with Gasteiger partial charge in [-0.25, -0.2) is 9.97 Å². The second kappa shape index (κ2) is 7.53. The number of nitrogens with zero attached hydrogens (tertiary/aromatic N) is 3. The maximum atomic E-state index is 10.8. The van der Waals surface area contributed by atoms with E-state index in [1.165, 1.54) is 5.56 Å². The van der Waals surface area contributed by atoms with Crippen LogP contribution in [0.3, 0.4) is 0 Å². The van der Waals surface area contributed by atoms with Gasteiger partial charge in [-0.2, -0.15) is 0 Å². The summed E-state index contributed by atoms with van der Waals surface area (Å²) in [5.41, 5.74) is 3.16. The summed E-state index contributed by atoms with van der Waals surface area (Å²) in [5, 5.41) is 8.88. The second-order valence-corrected chi connectivity index (χ2v) is 6.34. The van der Waals surface area contributed by atoms with Crippen molar-refractivity contribution in [1.29, 1.82) is 0 Å². The topological polar surface area (TPSA) is 66.3 Å². The molecule has 0 spiro atoms. The van der Waals surface area contributed by atoms with Crippen LogP contribution in [0.4, 0.5) is 0 Å². The Hall–Kier alpha value is -2.27. The van der Waals surface area contributed by atoms with Crippen molar-refractivity contribution in [3.8, 4) is 0 Å². The highest BCUT2D eigenvalue weighted by Crippen LogP contribution is 2.32. The van der Waals surface area contributed by atoms with Crippen molar-refractivity contribution in [1.82, 2.24) is 14.9 Å². The van der Waals surface area contributed by atoms with Crippen molar-refractivity contribution in [2.24, 2.45) is 0 Å². The maximum Gasteiger partial charge on any atom is 0.303 e. The van der Waals surface area contributed by atoms with Crippen LogP contribution in [0, 0.1) is 6.92 Å². The standard InChI is InChI=1S/C19H23N3O2/c1-14-20-16(9-10-19(23)24)12-17(21-14)18-8-5-11-22(18)13-15-6-3-2-4-7-15/h2-4,6-7,12,18H,5,8-11,13H2,1H3,(H,23,24)/t18-/m1/s1. The summed E-state index contributed by atoms with van der Waals surface area (Å²) >= 11 is 0. The molecule has 0 amide bonds.